The number of aryl methyl sites for hydroxylation is 2. The van der Waals surface area contributed by atoms with Gasteiger partial charge >= 0.3 is 11.8 Å². The van der Waals surface area contributed by atoms with Gasteiger partial charge in [0.05, 0.1) is 17.7 Å². The molecule has 2 aromatic rings. The van der Waals surface area contributed by atoms with Gasteiger partial charge in [0.25, 0.3) is 0 Å². The normalized spacial score (nSPS) is 18.4. The van der Waals surface area contributed by atoms with Gasteiger partial charge in [0, 0.05) is 24.3 Å². The van der Waals surface area contributed by atoms with Crippen molar-refractivity contribution in [3.05, 3.63) is 47.3 Å². The Balaban J connectivity index is 1.56. The Kier molecular flexibility index (Phi) is 6.53. The molecule has 164 valence electrons. The highest BCUT2D eigenvalue weighted by molar-refractivity contribution is 6.39. The molecule has 9 nitrogen and oxygen atoms in total. The van der Waals surface area contributed by atoms with E-state index in [1.54, 1.807) is 28.9 Å². The molecule has 1 unspecified atom stereocenters. The second-order valence-electron chi connectivity index (χ2n) is 7.75. The van der Waals surface area contributed by atoms with Gasteiger partial charge in [-0.05, 0) is 50.5 Å². The lowest BCUT2D eigenvalue weighted by Crippen LogP contribution is -2.51. The van der Waals surface area contributed by atoms with Crippen molar-refractivity contribution in [1.29, 1.82) is 0 Å². The van der Waals surface area contributed by atoms with Crippen LogP contribution in [0.15, 0.2) is 30.3 Å². The second-order valence-corrected chi connectivity index (χ2v) is 7.75. The van der Waals surface area contributed by atoms with Gasteiger partial charge in [-0.15, -0.1) is 0 Å². The minimum absolute atomic E-state index is 0.262. The number of aromatic nitrogens is 2. The zero-order chi connectivity index (χ0) is 22.6. The van der Waals surface area contributed by atoms with Gasteiger partial charge in [-0.2, -0.15) is 5.10 Å². The Morgan fingerprint density at radius 3 is 2.45 bits per heavy atom. The number of nitrogens with zero attached hydrogens (tertiary/aromatic N) is 2. The fraction of sp³-hybridized carbons (Fsp3) is 0.409. The first kappa shape index (κ1) is 22.2. The third-order valence-electron chi connectivity index (χ3n) is 5.68. The lowest BCUT2D eigenvalue weighted by molar-refractivity contribution is -0.138. The van der Waals surface area contributed by atoms with E-state index in [1.807, 2.05) is 26.8 Å². The predicted octanol–water partition coefficient (Wildman–Crippen LogP) is 1.34. The van der Waals surface area contributed by atoms with Crippen molar-refractivity contribution in [3.63, 3.8) is 0 Å². The van der Waals surface area contributed by atoms with Crippen molar-refractivity contribution in [1.82, 2.24) is 20.4 Å². The highest BCUT2D eigenvalue weighted by atomic mass is 16.2. The first-order valence-electron chi connectivity index (χ1n) is 10.3. The SMILES string of the molecule is CCC1(c2ccc(NC(=O)C(=O)NCCn3nc(C)cc3C)cc2)CCC(=O)NC1=O. The van der Waals surface area contributed by atoms with Crippen LogP contribution in [0.5, 0.6) is 0 Å². The van der Waals surface area contributed by atoms with Crippen LogP contribution in [0, 0.1) is 13.8 Å². The molecule has 9 heteroatoms. The number of carbonyl (C=O) groups is 4. The van der Waals surface area contributed by atoms with Crippen LogP contribution in [0.1, 0.15) is 43.1 Å². The number of piperidine rings is 1. The number of anilines is 1. The number of rotatable bonds is 6. The highest BCUT2D eigenvalue weighted by Crippen LogP contribution is 2.36. The molecule has 0 bridgehead atoms. The third-order valence-corrected chi connectivity index (χ3v) is 5.68. The molecular formula is C22H27N5O4. The summed E-state index contributed by atoms with van der Waals surface area (Å²) in [5.74, 6) is -2.07. The summed E-state index contributed by atoms with van der Waals surface area (Å²) in [7, 11) is 0. The lowest BCUT2D eigenvalue weighted by atomic mass is 9.72. The summed E-state index contributed by atoms with van der Waals surface area (Å²) in [6.07, 6.45) is 1.28. The van der Waals surface area contributed by atoms with Gasteiger partial charge in [-0.1, -0.05) is 19.1 Å². The van der Waals surface area contributed by atoms with E-state index in [9.17, 15) is 19.2 Å². The minimum Gasteiger partial charge on any atom is -0.346 e. The Morgan fingerprint density at radius 1 is 1.16 bits per heavy atom. The molecule has 1 saturated heterocycles. The van der Waals surface area contributed by atoms with Crippen LogP contribution in [0.4, 0.5) is 5.69 Å². The summed E-state index contributed by atoms with van der Waals surface area (Å²) in [6, 6.07) is 8.73. The van der Waals surface area contributed by atoms with E-state index in [4.69, 9.17) is 0 Å². The molecule has 1 aromatic heterocycles. The number of nitrogens with one attached hydrogen (secondary N) is 3. The van der Waals surface area contributed by atoms with E-state index in [0.717, 1.165) is 17.0 Å². The van der Waals surface area contributed by atoms with Gasteiger partial charge in [-0.3, -0.25) is 29.2 Å². The number of amides is 4. The topological polar surface area (TPSA) is 122 Å². The quantitative estimate of drug-likeness (QED) is 0.476. The fourth-order valence-corrected chi connectivity index (χ4v) is 3.88. The fourth-order valence-electron chi connectivity index (χ4n) is 3.88. The number of hydrogen-bond donors (Lipinski definition) is 3. The van der Waals surface area contributed by atoms with Crippen LogP contribution in [-0.2, 0) is 31.1 Å². The Bertz CT molecular complexity index is 1010. The van der Waals surface area contributed by atoms with E-state index >= 15 is 0 Å². The second kappa shape index (κ2) is 9.11. The molecule has 4 amide bonds. The van der Waals surface area contributed by atoms with Crippen LogP contribution in [0.25, 0.3) is 0 Å². The van der Waals surface area contributed by atoms with Crippen molar-refractivity contribution < 1.29 is 19.2 Å². The summed E-state index contributed by atoms with van der Waals surface area (Å²) in [4.78, 5) is 48.2. The van der Waals surface area contributed by atoms with Gasteiger partial charge in [0.2, 0.25) is 11.8 Å². The summed E-state index contributed by atoms with van der Waals surface area (Å²) in [5.41, 5.74) is 2.33. The Morgan fingerprint density at radius 2 is 1.87 bits per heavy atom. The van der Waals surface area contributed by atoms with E-state index in [-0.39, 0.29) is 24.8 Å². The first-order valence-corrected chi connectivity index (χ1v) is 10.3. The molecule has 0 spiro atoms. The summed E-state index contributed by atoms with van der Waals surface area (Å²) >= 11 is 0. The number of hydrogen-bond acceptors (Lipinski definition) is 5. The summed E-state index contributed by atoms with van der Waals surface area (Å²) in [5, 5.41) is 11.9. The van der Waals surface area contributed by atoms with Crippen molar-refractivity contribution in [2.24, 2.45) is 0 Å². The molecule has 1 fully saturated rings. The third kappa shape index (κ3) is 4.82. The average Bonchev–Trinajstić information content (AvgIpc) is 3.06. The number of carbonyl (C=O) groups excluding carboxylic acids is 4. The standard InChI is InChI=1S/C22H27N5O4/c1-4-22(10-9-18(28)25-21(22)31)16-5-7-17(8-6-16)24-20(30)19(29)23-11-12-27-15(3)13-14(2)26-27/h5-8,13H,4,9-12H2,1-3H3,(H,23,29)(H,24,30)(H,25,28,31). The van der Waals surface area contributed by atoms with Gasteiger partial charge in [0.15, 0.2) is 0 Å². The maximum Gasteiger partial charge on any atom is 0.313 e. The number of benzene rings is 1. The molecule has 1 aliphatic rings. The average molecular weight is 425 g/mol. The summed E-state index contributed by atoms with van der Waals surface area (Å²) < 4.78 is 1.77. The molecule has 0 radical (unpaired) electrons. The smallest absolute Gasteiger partial charge is 0.313 e. The molecule has 31 heavy (non-hydrogen) atoms. The molecule has 2 heterocycles. The zero-order valence-electron chi connectivity index (χ0n) is 17.9. The molecule has 3 N–H and O–H groups in total. The molecule has 0 aliphatic carbocycles. The van der Waals surface area contributed by atoms with Crippen LogP contribution >= 0.6 is 0 Å². The van der Waals surface area contributed by atoms with Crippen molar-refractivity contribution in [2.45, 2.75) is 52.0 Å². The molecule has 1 atom stereocenters. The van der Waals surface area contributed by atoms with Crippen LogP contribution < -0.4 is 16.0 Å². The monoisotopic (exact) mass is 425 g/mol. The molecule has 0 saturated carbocycles. The highest BCUT2D eigenvalue weighted by Gasteiger charge is 2.42. The predicted molar refractivity (Wildman–Crippen MR) is 114 cm³/mol. The molecule has 3 rings (SSSR count). The van der Waals surface area contributed by atoms with Crippen LogP contribution in [0.2, 0.25) is 0 Å². The van der Waals surface area contributed by atoms with Crippen LogP contribution in [0.3, 0.4) is 0 Å². The van der Waals surface area contributed by atoms with E-state index in [0.29, 0.717) is 25.1 Å². The van der Waals surface area contributed by atoms with Crippen LogP contribution in [-0.4, -0.2) is 40.0 Å². The Hall–Kier alpha value is -3.49. The van der Waals surface area contributed by atoms with E-state index in [2.05, 4.69) is 21.0 Å². The first-order chi connectivity index (χ1) is 14.7. The molecule has 1 aromatic carbocycles. The summed E-state index contributed by atoms with van der Waals surface area (Å²) in [6.45, 7) is 6.47. The molecule has 1 aliphatic heterocycles. The molecular weight excluding hydrogens is 398 g/mol. The lowest BCUT2D eigenvalue weighted by Gasteiger charge is -2.35. The number of imide groups is 1. The van der Waals surface area contributed by atoms with E-state index < -0.39 is 17.2 Å². The van der Waals surface area contributed by atoms with Gasteiger partial charge in [0.1, 0.15) is 0 Å². The largest absolute Gasteiger partial charge is 0.346 e. The maximum absolute atomic E-state index is 12.5. The van der Waals surface area contributed by atoms with Gasteiger partial charge < -0.3 is 10.6 Å². The van der Waals surface area contributed by atoms with E-state index in [1.165, 1.54) is 0 Å². The maximum atomic E-state index is 12.5. The van der Waals surface area contributed by atoms with Gasteiger partial charge in [-0.25, -0.2) is 0 Å². The minimum atomic E-state index is -0.771. The van der Waals surface area contributed by atoms with Crippen molar-refractivity contribution in [3.8, 4) is 0 Å². The Labute approximate surface area is 180 Å². The zero-order valence-corrected chi connectivity index (χ0v) is 17.9. The van der Waals surface area contributed by atoms with Crippen molar-refractivity contribution in [2.75, 3.05) is 11.9 Å². The van der Waals surface area contributed by atoms with Crippen molar-refractivity contribution >= 4 is 29.3 Å².